The summed E-state index contributed by atoms with van der Waals surface area (Å²) in [7, 11) is -2.94. The lowest BCUT2D eigenvalue weighted by Gasteiger charge is -2.08. The molecule has 1 aromatic rings. The van der Waals surface area contributed by atoms with Crippen molar-refractivity contribution in [3.63, 3.8) is 0 Å². The van der Waals surface area contributed by atoms with Gasteiger partial charge in [-0.3, -0.25) is 0 Å². The number of anilines is 1. The monoisotopic (exact) mass is 319 g/mol. The van der Waals surface area contributed by atoms with E-state index in [0.29, 0.717) is 24.8 Å². The van der Waals surface area contributed by atoms with E-state index in [0.717, 1.165) is 17.4 Å². The molecule has 0 aliphatic rings. The maximum absolute atomic E-state index is 11.1. The Labute approximate surface area is 124 Å². The molecule has 1 rings (SSSR count). The molecule has 0 saturated carbocycles. The molecule has 8 heteroatoms. The van der Waals surface area contributed by atoms with Crippen LogP contribution in [0.15, 0.2) is 11.1 Å². The van der Waals surface area contributed by atoms with Crippen LogP contribution < -0.4 is 5.32 Å². The van der Waals surface area contributed by atoms with Gasteiger partial charge in [0.1, 0.15) is 27.3 Å². The van der Waals surface area contributed by atoms with Gasteiger partial charge in [0.05, 0.1) is 5.75 Å². The Hall–Kier alpha value is -0.860. The maximum Gasteiger partial charge on any atom is 0.157 e. The lowest BCUT2D eigenvalue weighted by atomic mass is 10.5. The van der Waals surface area contributed by atoms with Crippen molar-refractivity contribution < 1.29 is 13.2 Å². The van der Waals surface area contributed by atoms with Gasteiger partial charge in [-0.1, -0.05) is 0 Å². The zero-order valence-electron chi connectivity index (χ0n) is 12.0. The van der Waals surface area contributed by atoms with Gasteiger partial charge in [-0.05, 0) is 13.8 Å². The van der Waals surface area contributed by atoms with E-state index in [-0.39, 0.29) is 5.75 Å². The predicted octanol–water partition coefficient (Wildman–Crippen LogP) is 1.58. The van der Waals surface area contributed by atoms with Gasteiger partial charge in [0.2, 0.25) is 0 Å². The normalized spacial score (nSPS) is 11.6. The summed E-state index contributed by atoms with van der Waals surface area (Å²) in [6.45, 7) is 5.62. The van der Waals surface area contributed by atoms with E-state index in [1.165, 1.54) is 18.0 Å². The summed E-state index contributed by atoms with van der Waals surface area (Å²) in [5, 5.41) is 3.89. The van der Waals surface area contributed by atoms with Crippen LogP contribution in [0.5, 0.6) is 0 Å². The Morgan fingerprint density at radius 3 is 2.70 bits per heavy atom. The number of sulfone groups is 1. The smallest absolute Gasteiger partial charge is 0.157 e. The maximum atomic E-state index is 11.1. The van der Waals surface area contributed by atoms with Crippen LogP contribution in [0.1, 0.15) is 19.7 Å². The van der Waals surface area contributed by atoms with E-state index in [9.17, 15) is 8.42 Å². The van der Waals surface area contributed by atoms with Crippen LogP contribution in [0, 0.1) is 0 Å². The lowest BCUT2D eigenvalue weighted by molar-refractivity contribution is 0.128. The van der Waals surface area contributed by atoms with Crippen LogP contribution >= 0.6 is 11.8 Å². The van der Waals surface area contributed by atoms with Crippen molar-refractivity contribution in [1.29, 1.82) is 0 Å². The van der Waals surface area contributed by atoms with Crippen LogP contribution in [0.3, 0.4) is 0 Å². The third-order valence-corrected chi connectivity index (χ3v) is 4.36. The zero-order valence-corrected chi connectivity index (χ0v) is 13.7. The molecule has 1 N–H and O–H groups in total. The molecule has 0 unspecified atom stereocenters. The quantitative estimate of drug-likeness (QED) is 0.546. The van der Waals surface area contributed by atoms with Crippen LogP contribution in [0.2, 0.25) is 0 Å². The molecule has 0 atom stereocenters. The van der Waals surface area contributed by atoms with Gasteiger partial charge in [-0.25, -0.2) is 18.4 Å². The Morgan fingerprint density at radius 2 is 2.10 bits per heavy atom. The van der Waals surface area contributed by atoms with E-state index in [1.807, 2.05) is 19.9 Å². The fourth-order valence-corrected chi connectivity index (χ4v) is 3.49. The Bertz CT molecular complexity index is 521. The molecule has 1 aromatic heterocycles. The summed E-state index contributed by atoms with van der Waals surface area (Å²) < 4.78 is 27.5. The second-order valence-electron chi connectivity index (χ2n) is 4.15. The highest BCUT2D eigenvalue weighted by atomic mass is 32.2. The fourth-order valence-electron chi connectivity index (χ4n) is 1.37. The SMILES string of the molecule is CCNc1cc(SCCS(C)(=O)=O)nc(COCC)n1. The molecular formula is C12H21N3O3S2. The van der Waals surface area contributed by atoms with Gasteiger partial charge in [-0.15, -0.1) is 11.8 Å². The third kappa shape index (κ3) is 7.06. The number of aromatic nitrogens is 2. The van der Waals surface area contributed by atoms with E-state index in [1.54, 1.807) is 0 Å². The van der Waals surface area contributed by atoms with Crippen molar-refractivity contribution in [2.75, 3.05) is 36.2 Å². The van der Waals surface area contributed by atoms with Crippen molar-refractivity contribution in [1.82, 2.24) is 9.97 Å². The Balaban J connectivity index is 2.74. The van der Waals surface area contributed by atoms with Crippen molar-refractivity contribution in [2.24, 2.45) is 0 Å². The van der Waals surface area contributed by atoms with Crippen molar-refractivity contribution in [2.45, 2.75) is 25.5 Å². The first kappa shape index (κ1) is 17.2. The topological polar surface area (TPSA) is 81.2 Å². The predicted molar refractivity (Wildman–Crippen MR) is 82.0 cm³/mol. The number of nitrogens with zero attached hydrogens (tertiary/aromatic N) is 2. The molecule has 0 aromatic carbocycles. The number of thioether (sulfide) groups is 1. The summed E-state index contributed by atoms with van der Waals surface area (Å²) in [6, 6.07) is 1.83. The summed E-state index contributed by atoms with van der Waals surface area (Å²) >= 11 is 1.41. The van der Waals surface area contributed by atoms with Gasteiger partial charge in [-0.2, -0.15) is 0 Å². The highest BCUT2D eigenvalue weighted by Gasteiger charge is 2.07. The van der Waals surface area contributed by atoms with Crippen LogP contribution in [-0.4, -0.2) is 49.3 Å². The average Bonchev–Trinajstić information content (AvgIpc) is 2.35. The Morgan fingerprint density at radius 1 is 1.35 bits per heavy atom. The Kier molecular flexibility index (Phi) is 7.25. The molecule has 1 heterocycles. The largest absolute Gasteiger partial charge is 0.374 e. The van der Waals surface area contributed by atoms with Crippen molar-refractivity contribution >= 4 is 27.4 Å². The zero-order chi connectivity index (χ0) is 15.0. The first-order chi connectivity index (χ1) is 9.44. The average molecular weight is 319 g/mol. The molecule has 0 saturated heterocycles. The van der Waals surface area contributed by atoms with Crippen molar-refractivity contribution in [3.05, 3.63) is 11.9 Å². The number of nitrogens with one attached hydrogen (secondary N) is 1. The molecule has 0 fully saturated rings. The molecule has 114 valence electrons. The molecule has 0 aliphatic carbocycles. The molecule has 0 bridgehead atoms. The number of ether oxygens (including phenoxy) is 1. The molecule has 20 heavy (non-hydrogen) atoms. The van der Waals surface area contributed by atoms with Crippen LogP contribution in [0.25, 0.3) is 0 Å². The minimum Gasteiger partial charge on any atom is -0.374 e. The molecule has 0 aliphatic heterocycles. The summed E-state index contributed by atoms with van der Waals surface area (Å²) in [5.41, 5.74) is 0. The molecular weight excluding hydrogens is 298 g/mol. The first-order valence-corrected chi connectivity index (χ1v) is 9.49. The second-order valence-corrected chi connectivity index (χ2v) is 7.53. The molecule has 0 spiro atoms. The van der Waals surface area contributed by atoms with E-state index >= 15 is 0 Å². The molecule has 6 nitrogen and oxygen atoms in total. The number of hydrogen-bond donors (Lipinski definition) is 1. The van der Waals surface area contributed by atoms with Gasteiger partial charge in [0.15, 0.2) is 5.82 Å². The van der Waals surface area contributed by atoms with E-state index in [2.05, 4.69) is 15.3 Å². The summed E-state index contributed by atoms with van der Waals surface area (Å²) in [6.07, 6.45) is 1.23. The van der Waals surface area contributed by atoms with Gasteiger partial charge in [0, 0.05) is 31.2 Å². The van der Waals surface area contributed by atoms with E-state index < -0.39 is 9.84 Å². The van der Waals surface area contributed by atoms with Crippen molar-refractivity contribution in [3.8, 4) is 0 Å². The minimum absolute atomic E-state index is 0.138. The van der Waals surface area contributed by atoms with Gasteiger partial charge in [0.25, 0.3) is 0 Å². The highest BCUT2D eigenvalue weighted by molar-refractivity contribution is 8.00. The van der Waals surface area contributed by atoms with Gasteiger partial charge >= 0.3 is 0 Å². The third-order valence-electron chi connectivity index (χ3n) is 2.25. The van der Waals surface area contributed by atoms with E-state index in [4.69, 9.17) is 4.74 Å². The second kappa shape index (κ2) is 8.43. The molecule has 0 radical (unpaired) electrons. The highest BCUT2D eigenvalue weighted by Crippen LogP contribution is 2.19. The van der Waals surface area contributed by atoms with Gasteiger partial charge < -0.3 is 10.1 Å². The van der Waals surface area contributed by atoms with Crippen LogP contribution in [-0.2, 0) is 21.2 Å². The molecule has 0 amide bonds. The standard InChI is InChI=1S/C12H21N3O3S2/c1-4-13-10-8-12(19-6-7-20(3,16)17)15-11(14-10)9-18-5-2/h8H,4-7,9H2,1-3H3,(H,13,14,15). The lowest BCUT2D eigenvalue weighted by Crippen LogP contribution is -2.08. The summed E-state index contributed by atoms with van der Waals surface area (Å²) in [4.78, 5) is 8.70. The number of hydrogen-bond acceptors (Lipinski definition) is 7. The first-order valence-electron chi connectivity index (χ1n) is 6.44. The van der Waals surface area contributed by atoms with Crippen LogP contribution in [0.4, 0.5) is 5.82 Å². The minimum atomic E-state index is -2.94. The fraction of sp³-hybridized carbons (Fsp3) is 0.667. The number of rotatable bonds is 9. The summed E-state index contributed by atoms with van der Waals surface area (Å²) in [5.74, 6) is 1.96.